The monoisotopic (exact) mass is 366 g/mol. The van der Waals surface area contributed by atoms with Gasteiger partial charge in [-0.25, -0.2) is 8.78 Å². The van der Waals surface area contributed by atoms with Crippen molar-refractivity contribution in [3.05, 3.63) is 77.0 Å². The van der Waals surface area contributed by atoms with E-state index in [1.165, 1.54) is 12.3 Å². The first-order valence-electron chi connectivity index (χ1n) is 8.58. The predicted molar refractivity (Wildman–Crippen MR) is 95.9 cm³/mol. The third-order valence-corrected chi connectivity index (χ3v) is 5.17. The van der Waals surface area contributed by atoms with Gasteiger partial charge in [0.05, 0.1) is 5.52 Å². The van der Waals surface area contributed by atoms with Gasteiger partial charge in [0.1, 0.15) is 17.7 Å². The SMILES string of the molecule is CC(c1c(F)cc2ncccc2c1F)N1Cc2ccccc2C1C(=O)C=O. The van der Waals surface area contributed by atoms with E-state index in [1.54, 1.807) is 36.1 Å². The molecular weight excluding hydrogens is 350 g/mol. The summed E-state index contributed by atoms with van der Waals surface area (Å²) < 4.78 is 29.9. The van der Waals surface area contributed by atoms with E-state index in [0.29, 0.717) is 12.1 Å². The third kappa shape index (κ3) is 2.73. The van der Waals surface area contributed by atoms with Gasteiger partial charge in [0, 0.05) is 35.8 Å². The van der Waals surface area contributed by atoms with Crippen molar-refractivity contribution in [1.29, 1.82) is 0 Å². The molecule has 1 aliphatic rings. The first-order valence-corrected chi connectivity index (χ1v) is 8.58. The van der Waals surface area contributed by atoms with E-state index in [0.717, 1.165) is 5.56 Å². The summed E-state index contributed by atoms with van der Waals surface area (Å²) in [5, 5.41) is 0.218. The fourth-order valence-corrected chi connectivity index (χ4v) is 3.87. The van der Waals surface area contributed by atoms with Crippen LogP contribution in [0.2, 0.25) is 0 Å². The number of Topliss-reactive ketones (excluding diaryl/α,β-unsaturated/α-hetero) is 1. The van der Waals surface area contributed by atoms with Crippen molar-refractivity contribution >= 4 is 23.0 Å². The molecule has 0 spiro atoms. The van der Waals surface area contributed by atoms with Gasteiger partial charge in [-0.3, -0.25) is 19.5 Å². The quantitative estimate of drug-likeness (QED) is 0.519. The summed E-state index contributed by atoms with van der Waals surface area (Å²) >= 11 is 0. The summed E-state index contributed by atoms with van der Waals surface area (Å²) in [6.07, 6.45) is 1.74. The molecule has 0 aliphatic carbocycles. The van der Waals surface area contributed by atoms with E-state index < -0.39 is 29.5 Å². The van der Waals surface area contributed by atoms with Gasteiger partial charge >= 0.3 is 0 Å². The number of ketones is 1. The van der Waals surface area contributed by atoms with Crippen LogP contribution in [0.25, 0.3) is 10.9 Å². The van der Waals surface area contributed by atoms with E-state index in [4.69, 9.17) is 0 Å². The lowest BCUT2D eigenvalue weighted by Crippen LogP contribution is -2.32. The van der Waals surface area contributed by atoms with Crippen LogP contribution in [0.15, 0.2) is 48.7 Å². The number of fused-ring (bicyclic) bond motifs is 2. The average molecular weight is 366 g/mol. The Morgan fingerprint density at radius 3 is 2.81 bits per heavy atom. The molecule has 4 nitrogen and oxygen atoms in total. The zero-order valence-corrected chi connectivity index (χ0v) is 14.5. The van der Waals surface area contributed by atoms with Crippen molar-refractivity contribution < 1.29 is 18.4 Å². The Hall–Kier alpha value is -2.99. The number of pyridine rings is 1. The molecule has 4 rings (SSSR count). The lowest BCUT2D eigenvalue weighted by Gasteiger charge is -2.30. The molecule has 0 bridgehead atoms. The molecule has 2 heterocycles. The van der Waals surface area contributed by atoms with Gasteiger partial charge in [0.2, 0.25) is 5.78 Å². The van der Waals surface area contributed by atoms with Crippen molar-refractivity contribution in [2.24, 2.45) is 0 Å². The minimum Gasteiger partial charge on any atom is -0.295 e. The van der Waals surface area contributed by atoms with Crippen LogP contribution in [0.4, 0.5) is 8.78 Å². The zero-order chi connectivity index (χ0) is 19.1. The average Bonchev–Trinajstić information content (AvgIpc) is 3.07. The third-order valence-electron chi connectivity index (χ3n) is 5.17. The van der Waals surface area contributed by atoms with Crippen LogP contribution in [-0.2, 0) is 16.1 Å². The Balaban J connectivity index is 1.83. The van der Waals surface area contributed by atoms with Crippen LogP contribution in [0, 0.1) is 11.6 Å². The summed E-state index contributed by atoms with van der Waals surface area (Å²) in [6, 6.07) is 9.95. The van der Waals surface area contributed by atoms with Gasteiger partial charge in [-0.1, -0.05) is 24.3 Å². The minimum atomic E-state index is -0.850. The molecule has 1 aliphatic heterocycles. The molecule has 0 N–H and O–H groups in total. The van der Waals surface area contributed by atoms with Gasteiger partial charge in [-0.15, -0.1) is 0 Å². The highest BCUT2D eigenvalue weighted by molar-refractivity contribution is 6.27. The number of halogens is 2. The predicted octanol–water partition coefficient (Wildman–Crippen LogP) is 3.90. The second-order valence-electron chi connectivity index (χ2n) is 6.63. The number of rotatable bonds is 4. The Labute approximate surface area is 154 Å². The van der Waals surface area contributed by atoms with Crippen molar-refractivity contribution in [2.45, 2.75) is 25.6 Å². The fourth-order valence-electron chi connectivity index (χ4n) is 3.87. The van der Waals surface area contributed by atoms with Gasteiger partial charge < -0.3 is 0 Å². The van der Waals surface area contributed by atoms with Crippen LogP contribution in [0.3, 0.4) is 0 Å². The van der Waals surface area contributed by atoms with Crippen molar-refractivity contribution in [2.75, 3.05) is 0 Å². The molecule has 27 heavy (non-hydrogen) atoms. The van der Waals surface area contributed by atoms with E-state index in [9.17, 15) is 14.0 Å². The van der Waals surface area contributed by atoms with Gasteiger partial charge in [0.15, 0.2) is 6.29 Å². The summed E-state index contributed by atoms with van der Waals surface area (Å²) in [4.78, 5) is 29.1. The van der Waals surface area contributed by atoms with Crippen molar-refractivity contribution in [3.63, 3.8) is 0 Å². The second kappa shape index (κ2) is 6.63. The number of carbonyl (C=O) groups is 2. The Bertz CT molecular complexity index is 1070. The number of hydrogen-bond donors (Lipinski definition) is 0. The molecule has 0 saturated heterocycles. The van der Waals surface area contributed by atoms with Gasteiger partial charge in [0.25, 0.3) is 0 Å². The van der Waals surface area contributed by atoms with E-state index in [1.807, 2.05) is 12.1 Å². The Kier molecular flexibility index (Phi) is 4.28. The van der Waals surface area contributed by atoms with Crippen LogP contribution in [0.1, 0.15) is 35.7 Å². The molecule has 1 aromatic heterocycles. The van der Waals surface area contributed by atoms with Gasteiger partial charge in [-0.05, 0) is 30.2 Å². The Morgan fingerprint density at radius 1 is 1.26 bits per heavy atom. The molecule has 6 heteroatoms. The number of nitrogens with zero attached hydrogens (tertiary/aromatic N) is 2. The first-order chi connectivity index (χ1) is 13.0. The number of benzene rings is 2. The number of aldehydes is 1. The lowest BCUT2D eigenvalue weighted by molar-refractivity contribution is -0.134. The molecule has 0 saturated carbocycles. The maximum atomic E-state index is 15.1. The maximum absolute atomic E-state index is 15.1. The highest BCUT2D eigenvalue weighted by Gasteiger charge is 2.39. The molecule has 0 radical (unpaired) electrons. The normalized spacial score (nSPS) is 17.7. The molecule has 0 fully saturated rings. The molecule has 0 amide bonds. The zero-order valence-electron chi connectivity index (χ0n) is 14.5. The lowest BCUT2D eigenvalue weighted by atomic mass is 9.98. The van der Waals surface area contributed by atoms with Crippen LogP contribution < -0.4 is 0 Å². The maximum Gasteiger partial charge on any atom is 0.216 e. The molecule has 2 aromatic carbocycles. The topological polar surface area (TPSA) is 50.3 Å². The van der Waals surface area contributed by atoms with Crippen LogP contribution in [0.5, 0.6) is 0 Å². The summed E-state index contributed by atoms with van der Waals surface area (Å²) in [6.45, 7) is 1.96. The highest BCUT2D eigenvalue weighted by Crippen LogP contribution is 2.41. The molecule has 3 aromatic rings. The van der Waals surface area contributed by atoms with E-state index in [2.05, 4.69) is 4.98 Å². The standard InChI is InChI=1S/C21H16F2N2O2/c1-12(19-16(22)9-17-15(20(19)23)7-4-8-24-17)25-10-13-5-2-3-6-14(13)21(25)18(27)11-26/h2-9,11-12,21H,10H2,1H3. The summed E-state index contributed by atoms with van der Waals surface area (Å²) in [5.41, 5.74) is 1.67. The Morgan fingerprint density at radius 2 is 2.04 bits per heavy atom. The first kappa shape index (κ1) is 17.4. The molecular formula is C21H16F2N2O2. The minimum absolute atomic E-state index is 0.132. The summed E-state index contributed by atoms with van der Waals surface area (Å²) in [7, 11) is 0. The largest absolute Gasteiger partial charge is 0.295 e. The van der Waals surface area contributed by atoms with E-state index >= 15 is 4.39 Å². The second-order valence-corrected chi connectivity index (χ2v) is 6.63. The molecule has 136 valence electrons. The van der Waals surface area contributed by atoms with Crippen LogP contribution >= 0.6 is 0 Å². The van der Waals surface area contributed by atoms with Crippen molar-refractivity contribution in [1.82, 2.24) is 9.88 Å². The summed E-state index contributed by atoms with van der Waals surface area (Å²) in [5.74, 6) is -2.05. The van der Waals surface area contributed by atoms with E-state index in [-0.39, 0.29) is 22.8 Å². The number of hydrogen-bond acceptors (Lipinski definition) is 4. The van der Waals surface area contributed by atoms with Crippen LogP contribution in [-0.4, -0.2) is 22.0 Å². The van der Waals surface area contributed by atoms with Crippen molar-refractivity contribution in [3.8, 4) is 0 Å². The number of aromatic nitrogens is 1. The van der Waals surface area contributed by atoms with Gasteiger partial charge in [-0.2, -0.15) is 0 Å². The highest BCUT2D eigenvalue weighted by atomic mass is 19.1. The number of carbonyl (C=O) groups excluding carboxylic acids is 2. The fraction of sp³-hybridized carbons (Fsp3) is 0.190. The molecule has 2 unspecified atom stereocenters. The molecule has 2 atom stereocenters. The smallest absolute Gasteiger partial charge is 0.216 e.